The van der Waals surface area contributed by atoms with Gasteiger partial charge in [-0.1, -0.05) is 12.1 Å². The van der Waals surface area contributed by atoms with E-state index in [0.29, 0.717) is 6.42 Å². The van der Waals surface area contributed by atoms with Crippen LogP contribution < -0.4 is 19.7 Å². The number of carbonyl (C=O) groups is 1. The number of amides is 1. The maximum absolute atomic E-state index is 12.1. The second-order valence-electron chi connectivity index (χ2n) is 7.58. The molecule has 1 N–H and O–H groups in total. The lowest BCUT2D eigenvalue weighted by atomic mass is 10.1. The SMILES string of the molecule is COc1ccc(CCC(=O)NCCCN2CCN(c3ccc(OC)cc3)CC2)cc1. The van der Waals surface area contributed by atoms with Gasteiger partial charge in [0.15, 0.2) is 0 Å². The van der Waals surface area contributed by atoms with Gasteiger partial charge in [-0.3, -0.25) is 9.69 Å². The van der Waals surface area contributed by atoms with Crippen LogP contribution in [0.15, 0.2) is 48.5 Å². The summed E-state index contributed by atoms with van der Waals surface area (Å²) < 4.78 is 10.4. The number of piperazine rings is 1. The van der Waals surface area contributed by atoms with Crippen LogP contribution in [0.25, 0.3) is 0 Å². The molecule has 1 aliphatic rings. The average Bonchev–Trinajstić information content (AvgIpc) is 2.81. The Morgan fingerprint density at radius 3 is 2.10 bits per heavy atom. The zero-order valence-electron chi connectivity index (χ0n) is 18.1. The molecule has 3 rings (SSSR count). The zero-order valence-corrected chi connectivity index (χ0v) is 18.1. The molecule has 1 aliphatic heterocycles. The minimum absolute atomic E-state index is 0.121. The molecule has 1 heterocycles. The summed E-state index contributed by atoms with van der Waals surface area (Å²) >= 11 is 0. The number of ether oxygens (including phenoxy) is 2. The van der Waals surface area contributed by atoms with Gasteiger partial charge in [0.2, 0.25) is 5.91 Å². The molecule has 1 amide bonds. The van der Waals surface area contributed by atoms with E-state index in [0.717, 1.165) is 69.2 Å². The zero-order chi connectivity index (χ0) is 21.2. The molecule has 0 aliphatic carbocycles. The third kappa shape index (κ3) is 6.66. The van der Waals surface area contributed by atoms with E-state index in [-0.39, 0.29) is 5.91 Å². The van der Waals surface area contributed by atoms with E-state index in [9.17, 15) is 4.79 Å². The van der Waals surface area contributed by atoms with E-state index >= 15 is 0 Å². The number of hydrogen-bond donors (Lipinski definition) is 1. The summed E-state index contributed by atoms with van der Waals surface area (Å²) in [4.78, 5) is 17.0. The van der Waals surface area contributed by atoms with Gasteiger partial charge in [0.1, 0.15) is 11.5 Å². The number of hydrogen-bond acceptors (Lipinski definition) is 5. The maximum Gasteiger partial charge on any atom is 0.220 e. The molecule has 30 heavy (non-hydrogen) atoms. The van der Waals surface area contributed by atoms with Crippen molar-refractivity contribution in [1.29, 1.82) is 0 Å². The second-order valence-corrected chi connectivity index (χ2v) is 7.58. The molecule has 2 aromatic carbocycles. The summed E-state index contributed by atoms with van der Waals surface area (Å²) in [7, 11) is 3.35. The quantitative estimate of drug-likeness (QED) is 0.609. The number of carbonyl (C=O) groups excluding carboxylic acids is 1. The van der Waals surface area contributed by atoms with Crippen molar-refractivity contribution in [2.45, 2.75) is 19.3 Å². The Morgan fingerprint density at radius 2 is 1.50 bits per heavy atom. The van der Waals surface area contributed by atoms with Gasteiger partial charge in [0.05, 0.1) is 14.2 Å². The van der Waals surface area contributed by atoms with Crippen LogP contribution in [-0.4, -0.2) is 64.3 Å². The molecule has 0 radical (unpaired) electrons. The number of nitrogens with one attached hydrogen (secondary N) is 1. The van der Waals surface area contributed by atoms with Crippen molar-refractivity contribution in [1.82, 2.24) is 10.2 Å². The molecule has 0 bridgehead atoms. The number of aryl methyl sites for hydroxylation is 1. The van der Waals surface area contributed by atoms with E-state index in [1.54, 1.807) is 14.2 Å². The molecule has 0 spiro atoms. The highest BCUT2D eigenvalue weighted by Crippen LogP contribution is 2.20. The summed E-state index contributed by atoms with van der Waals surface area (Å²) in [5.41, 5.74) is 2.40. The highest BCUT2D eigenvalue weighted by Gasteiger charge is 2.16. The van der Waals surface area contributed by atoms with E-state index in [1.807, 2.05) is 36.4 Å². The van der Waals surface area contributed by atoms with Crippen molar-refractivity contribution in [3.63, 3.8) is 0 Å². The van der Waals surface area contributed by atoms with Crippen LogP contribution in [0.1, 0.15) is 18.4 Å². The number of methoxy groups -OCH3 is 2. The lowest BCUT2D eigenvalue weighted by Crippen LogP contribution is -2.47. The third-order valence-electron chi connectivity index (χ3n) is 5.58. The first-order chi connectivity index (χ1) is 14.7. The van der Waals surface area contributed by atoms with Gasteiger partial charge in [-0.2, -0.15) is 0 Å². The number of rotatable bonds is 10. The van der Waals surface area contributed by atoms with Crippen molar-refractivity contribution < 1.29 is 14.3 Å². The average molecular weight is 412 g/mol. The largest absolute Gasteiger partial charge is 0.497 e. The summed E-state index contributed by atoms with van der Waals surface area (Å²) in [6, 6.07) is 16.2. The number of benzene rings is 2. The van der Waals surface area contributed by atoms with Gasteiger partial charge >= 0.3 is 0 Å². The molecule has 1 fully saturated rings. The smallest absolute Gasteiger partial charge is 0.220 e. The molecule has 0 aromatic heterocycles. The van der Waals surface area contributed by atoms with Gasteiger partial charge in [-0.05, 0) is 61.3 Å². The van der Waals surface area contributed by atoms with Crippen LogP contribution in [0.3, 0.4) is 0 Å². The summed E-state index contributed by atoms with van der Waals surface area (Å²) in [5, 5.41) is 3.05. The minimum atomic E-state index is 0.121. The predicted molar refractivity (Wildman–Crippen MR) is 121 cm³/mol. The Hall–Kier alpha value is -2.73. The molecule has 162 valence electrons. The van der Waals surface area contributed by atoms with E-state index in [4.69, 9.17) is 9.47 Å². The highest BCUT2D eigenvalue weighted by molar-refractivity contribution is 5.76. The molecule has 6 nitrogen and oxygen atoms in total. The van der Waals surface area contributed by atoms with Crippen molar-refractivity contribution in [3.8, 4) is 11.5 Å². The summed E-state index contributed by atoms with van der Waals surface area (Å²) in [5.74, 6) is 1.85. The Balaban J connectivity index is 1.27. The Bertz CT molecular complexity index is 769. The highest BCUT2D eigenvalue weighted by atomic mass is 16.5. The third-order valence-corrected chi connectivity index (χ3v) is 5.58. The lowest BCUT2D eigenvalue weighted by molar-refractivity contribution is -0.121. The van der Waals surface area contributed by atoms with Crippen molar-refractivity contribution in [3.05, 3.63) is 54.1 Å². The Morgan fingerprint density at radius 1 is 0.900 bits per heavy atom. The van der Waals surface area contributed by atoms with Gasteiger partial charge in [0, 0.05) is 44.8 Å². The molecular weight excluding hydrogens is 378 g/mol. The van der Waals surface area contributed by atoms with Crippen molar-refractivity contribution >= 4 is 11.6 Å². The molecule has 1 saturated heterocycles. The van der Waals surface area contributed by atoms with Crippen molar-refractivity contribution in [2.24, 2.45) is 0 Å². The van der Waals surface area contributed by atoms with Crippen LogP contribution in [-0.2, 0) is 11.2 Å². The van der Waals surface area contributed by atoms with E-state index < -0.39 is 0 Å². The second kappa shape index (κ2) is 11.5. The Labute approximate surface area is 179 Å². The first-order valence-corrected chi connectivity index (χ1v) is 10.7. The fourth-order valence-corrected chi connectivity index (χ4v) is 3.69. The summed E-state index contributed by atoms with van der Waals surface area (Å²) in [6.45, 7) is 5.92. The van der Waals surface area contributed by atoms with Crippen LogP contribution in [0.4, 0.5) is 5.69 Å². The first kappa shape index (κ1) is 22.0. The molecule has 0 saturated carbocycles. The standard InChI is InChI=1S/C24H33N3O3/c1-29-22-9-4-20(5-10-22)6-13-24(28)25-14-3-15-26-16-18-27(19-17-26)21-7-11-23(30-2)12-8-21/h4-5,7-12H,3,6,13-19H2,1-2H3,(H,25,28). The maximum atomic E-state index is 12.1. The summed E-state index contributed by atoms with van der Waals surface area (Å²) in [6.07, 6.45) is 2.26. The topological polar surface area (TPSA) is 54.0 Å². The van der Waals surface area contributed by atoms with Crippen LogP contribution in [0.2, 0.25) is 0 Å². The molecule has 2 aromatic rings. The first-order valence-electron chi connectivity index (χ1n) is 10.7. The fourth-order valence-electron chi connectivity index (χ4n) is 3.69. The number of nitrogens with zero attached hydrogens (tertiary/aromatic N) is 2. The van der Waals surface area contributed by atoms with Gasteiger partial charge < -0.3 is 19.7 Å². The van der Waals surface area contributed by atoms with Gasteiger partial charge in [0.25, 0.3) is 0 Å². The molecule has 0 atom stereocenters. The molecule has 6 heteroatoms. The fraction of sp³-hybridized carbons (Fsp3) is 0.458. The van der Waals surface area contributed by atoms with Crippen LogP contribution in [0.5, 0.6) is 11.5 Å². The van der Waals surface area contributed by atoms with E-state index in [2.05, 4.69) is 27.2 Å². The Kier molecular flexibility index (Phi) is 8.39. The predicted octanol–water partition coefficient (Wildman–Crippen LogP) is 2.96. The normalized spacial score (nSPS) is 14.4. The minimum Gasteiger partial charge on any atom is -0.497 e. The number of anilines is 1. The van der Waals surface area contributed by atoms with Crippen molar-refractivity contribution in [2.75, 3.05) is 58.4 Å². The lowest BCUT2D eigenvalue weighted by Gasteiger charge is -2.36. The van der Waals surface area contributed by atoms with Gasteiger partial charge in [-0.25, -0.2) is 0 Å². The van der Waals surface area contributed by atoms with Crippen LogP contribution >= 0.6 is 0 Å². The monoisotopic (exact) mass is 411 g/mol. The van der Waals surface area contributed by atoms with Gasteiger partial charge in [-0.15, -0.1) is 0 Å². The van der Waals surface area contributed by atoms with Crippen LogP contribution in [0, 0.1) is 0 Å². The molecule has 0 unspecified atom stereocenters. The molecular formula is C24H33N3O3. The van der Waals surface area contributed by atoms with E-state index in [1.165, 1.54) is 5.69 Å².